The summed E-state index contributed by atoms with van der Waals surface area (Å²) in [5.41, 5.74) is 0.680. The molecule has 1 aromatic rings. The van der Waals surface area contributed by atoms with E-state index in [1.54, 1.807) is 24.1 Å². The molecule has 0 spiro atoms. The summed E-state index contributed by atoms with van der Waals surface area (Å²) in [6, 6.07) is 7.24. The Labute approximate surface area is 118 Å². The van der Waals surface area contributed by atoms with Crippen LogP contribution in [-0.2, 0) is 0 Å². The number of rotatable bonds is 2. The number of nitrogens with zero attached hydrogens (tertiary/aromatic N) is 3. The maximum Gasteiger partial charge on any atom is 0.260 e. The molecule has 106 valence electrons. The van der Waals surface area contributed by atoms with E-state index in [2.05, 4.69) is 9.89 Å². The molecule has 0 saturated carbocycles. The van der Waals surface area contributed by atoms with Crippen LogP contribution in [0.15, 0.2) is 29.3 Å². The number of likely N-dealkylation sites (tertiary alicyclic amines) is 1. The normalized spacial score (nSPS) is 18.4. The minimum Gasteiger partial charge on any atom is -0.497 e. The standard InChI is InChI=1S/C15H19N3O2/c1-20-13-6-4-12(5-7-13)14(19)18-11-8-16-15(18)17-9-2-3-10-17/h4-7H,2-3,8-11H2,1H3. The lowest BCUT2D eigenvalue weighted by atomic mass is 10.2. The van der Waals surface area contributed by atoms with Crippen molar-refractivity contribution < 1.29 is 9.53 Å². The van der Waals surface area contributed by atoms with Crippen molar-refractivity contribution in [2.24, 2.45) is 4.99 Å². The van der Waals surface area contributed by atoms with Gasteiger partial charge in [-0.2, -0.15) is 0 Å². The average molecular weight is 273 g/mol. The summed E-state index contributed by atoms with van der Waals surface area (Å²) in [5, 5.41) is 0. The molecule has 1 saturated heterocycles. The van der Waals surface area contributed by atoms with Crippen LogP contribution >= 0.6 is 0 Å². The Balaban J connectivity index is 1.77. The summed E-state index contributed by atoms with van der Waals surface area (Å²) in [6.45, 7) is 3.39. The molecule has 2 heterocycles. The van der Waals surface area contributed by atoms with Crippen molar-refractivity contribution in [1.29, 1.82) is 0 Å². The number of methoxy groups -OCH3 is 1. The van der Waals surface area contributed by atoms with Gasteiger partial charge in [0.1, 0.15) is 5.75 Å². The van der Waals surface area contributed by atoms with Gasteiger partial charge < -0.3 is 9.64 Å². The molecule has 0 N–H and O–H groups in total. The maximum atomic E-state index is 12.6. The number of benzene rings is 1. The minimum atomic E-state index is 0.0239. The maximum absolute atomic E-state index is 12.6. The van der Waals surface area contributed by atoms with Gasteiger partial charge in [-0.15, -0.1) is 0 Å². The molecule has 1 amide bonds. The van der Waals surface area contributed by atoms with E-state index in [9.17, 15) is 4.79 Å². The highest BCUT2D eigenvalue weighted by Gasteiger charge is 2.30. The largest absolute Gasteiger partial charge is 0.497 e. The molecule has 5 nitrogen and oxygen atoms in total. The Kier molecular flexibility index (Phi) is 3.58. The summed E-state index contributed by atoms with van der Waals surface area (Å²) < 4.78 is 5.12. The number of amides is 1. The molecule has 0 atom stereocenters. The zero-order chi connectivity index (χ0) is 13.9. The van der Waals surface area contributed by atoms with Crippen molar-refractivity contribution in [2.75, 3.05) is 33.3 Å². The zero-order valence-corrected chi connectivity index (χ0v) is 11.7. The molecule has 2 aliphatic rings. The van der Waals surface area contributed by atoms with E-state index < -0.39 is 0 Å². The van der Waals surface area contributed by atoms with Gasteiger partial charge in [0.2, 0.25) is 5.96 Å². The molecule has 0 aliphatic carbocycles. The first-order valence-electron chi connectivity index (χ1n) is 7.05. The third kappa shape index (κ3) is 2.35. The Bertz CT molecular complexity index is 518. The van der Waals surface area contributed by atoms with E-state index >= 15 is 0 Å². The van der Waals surface area contributed by atoms with Crippen LogP contribution in [0.3, 0.4) is 0 Å². The zero-order valence-electron chi connectivity index (χ0n) is 11.7. The van der Waals surface area contributed by atoms with Crippen LogP contribution in [0.25, 0.3) is 0 Å². The molecule has 0 bridgehead atoms. The Morgan fingerprint density at radius 3 is 2.50 bits per heavy atom. The van der Waals surface area contributed by atoms with Gasteiger partial charge in [-0.1, -0.05) is 0 Å². The molecule has 1 fully saturated rings. The molecule has 3 rings (SSSR count). The SMILES string of the molecule is COc1ccc(C(=O)N2CCN=C2N2CCCC2)cc1. The van der Waals surface area contributed by atoms with Crippen molar-refractivity contribution in [3.05, 3.63) is 29.8 Å². The fourth-order valence-corrected chi connectivity index (χ4v) is 2.70. The monoisotopic (exact) mass is 273 g/mol. The number of ether oxygens (including phenoxy) is 1. The van der Waals surface area contributed by atoms with Gasteiger partial charge in [0, 0.05) is 25.2 Å². The van der Waals surface area contributed by atoms with E-state index in [0.29, 0.717) is 18.7 Å². The fourth-order valence-electron chi connectivity index (χ4n) is 2.70. The molecule has 0 aromatic heterocycles. The third-order valence-corrected chi connectivity index (χ3v) is 3.79. The third-order valence-electron chi connectivity index (χ3n) is 3.79. The summed E-state index contributed by atoms with van der Waals surface area (Å²) in [4.78, 5) is 21.1. The van der Waals surface area contributed by atoms with Gasteiger partial charge in [0.05, 0.1) is 13.7 Å². The van der Waals surface area contributed by atoms with Gasteiger partial charge >= 0.3 is 0 Å². The molecule has 1 aromatic carbocycles. The predicted octanol–water partition coefficient (Wildman–Crippen LogP) is 1.60. The van der Waals surface area contributed by atoms with Crippen LogP contribution in [0, 0.1) is 0 Å². The number of hydrogen-bond donors (Lipinski definition) is 0. The quantitative estimate of drug-likeness (QED) is 0.822. The molecule has 0 unspecified atom stereocenters. The second-order valence-corrected chi connectivity index (χ2v) is 5.06. The molecule has 0 radical (unpaired) electrons. The van der Waals surface area contributed by atoms with E-state index in [4.69, 9.17) is 4.74 Å². The fraction of sp³-hybridized carbons (Fsp3) is 0.467. The Morgan fingerprint density at radius 1 is 1.15 bits per heavy atom. The molecule has 2 aliphatic heterocycles. The van der Waals surface area contributed by atoms with Crippen LogP contribution < -0.4 is 4.74 Å². The Morgan fingerprint density at radius 2 is 1.85 bits per heavy atom. The lowest BCUT2D eigenvalue weighted by molar-refractivity contribution is 0.0845. The molecule has 20 heavy (non-hydrogen) atoms. The van der Waals surface area contributed by atoms with Gasteiger partial charge in [0.25, 0.3) is 5.91 Å². The van der Waals surface area contributed by atoms with E-state index in [1.807, 2.05) is 12.1 Å². The van der Waals surface area contributed by atoms with Crippen molar-refractivity contribution in [1.82, 2.24) is 9.80 Å². The highest BCUT2D eigenvalue weighted by molar-refractivity contribution is 6.06. The molecular formula is C15H19N3O2. The summed E-state index contributed by atoms with van der Waals surface area (Å²) in [5.74, 6) is 1.63. The topological polar surface area (TPSA) is 45.1 Å². The number of aliphatic imine (C=N–C) groups is 1. The van der Waals surface area contributed by atoms with Crippen molar-refractivity contribution >= 4 is 11.9 Å². The van der Waals surface area contributed by atoms with Crippen LogP contribution in [0.1, 0.15) is 23.2 Å². The summed E-state index contributed by atoms with van der Waals surface area (Å²) in [6.07, 6.45) is 2.37. The molecule has 5 heteroatoms. The van der Waals surface area contributed by atoms with Crippen LogP contribution in [-0.4, -0.2) is 55.0 Å². The van der Waals surface area contributed by atoms with Crippen molar-refractivity contribution in [3.63, 3.8) is 0 Å². The number of carbonyl (C=O) groups is 1. The van der Waals surface area contributed by atoms with Gasteiger partial charge in [-0.3, -0.25) is 14.7 Å². The van der Waals surface area contributed by atoms with Gasteiger partial charge in [-0.05, 0) is 37.1 Å². The average Bonchev–Trinajstić information content (AvgIpc) is 3.16. The summed E-state index contributed by atoms with van der Waals surface area (Å²) >= 11 is 0. The van der Waals surface area contributed by atoms with Crippen LogP contribution in [0.5, 0.6) is 5.75 Å². The van der Waals surface area contributed by atoms with E-state index in [-0.39, 0.29) is 5.91 Å². The number of guanidine groups is 1. The molecular weight excluding hydrogens is 254 g/mol. The smallest absolute Gasteiger partial charge is 0.260 e. The van der Waals surface area contributed by atoms with Crippen LogP contribution in [0.4, 0.5) is 0 Å². The van der Waals surface area contributed by atoms with Crippen molar-refractivity contribution in [2.45, 2.75) is 12.8 Å². The first-order chi connectivity index (χ1) is 9.79. The van der Waals surface area contributed by atoms with Crippen molar-refractivity contribution in [3.8, 4) is 5.75 Å². The highest BCUT2D eigenvalue weighted by atomic mass is 16.5. The number of hydrogen-bond acceptors (Lipinski definition) is 4. The number of carbonyl (C=O) groups excluding carboxylic acids is 1. The van der Waals surface area contributed by atoms with E-state index in [0.717, 1.165) is 24.8 Å². The minimum absolute atomic E-state index is 0.0239. The first-order valence-corrected chi connectivity index (χ1v) is 7.05. The second-order valence-electron chi connectivity index (χ2n) is 5.06. The van der Waals surface area contributed by atoms with Gasteiger partial charge in [-0.25, -0.2) is 0 Å². The lowest BCUT2D eigenvalue weighted by Crippen LogP contribution is -2.43. The van der Waals surface area contributed by atoms with Crippen LogP contribution in [0.2, 0.25) is 0 Å². The first kappa shape index (κ1) is 13.0. The second kappa shape index (κ2) is 5.53. The van der Waals surface area contributed by atoms with E-state index in [1.165, 1.54) is 12.8 Å². The van der Waals surface area contributed by atoms with Gasteiger partial charge in [0.15, 0.2) is 0 Å². The Hall–Kier alpha value is -2.04. The summed E-state index contributed by atoms with van der Waals surface area (Å²) in [7, 11) is 1.62. The predicted molar refractivity (Wildman–Crippen MR) is 77.1 cm³/mol. The lowest BCUT2D eigenvalue weighted by Gasteiger charge is -2.25. The highest BCUT2D eigenvalue weighted by Crippen LogP contribution is 2.18.